The van der Waals surface area contributed by atoms with Crippen LogP contribution in [0.15, 0.2) is 97.2 Å². The molecule has 31 heavy (non-hydrogen) atoms. The van der Waals surface area contributed by atoms with Gasteiger partial charge in [0.1, 0.15) is 6.04 Å². The Bertz CT molecular complexity index is 1210. The summed E-state index contributed by atoms with van der Waals surface area (Å²) in [7, 11) is 0. The number of nitrogens with one attached hydrogen (secondary N) is 1. The SMILES string of the molecule is Cc1ccccc1C1c2cccn2-c2ccccc2CN1C(=O)NCc1ccccc1. The van der Waals surface area contributed by atoms with Crippen LogP contribution < -0.4 is 5.32 Å². The minimum Gasteiger partial charge on any atom is -0.334 e. The molecule has 5 rings (SSSR count). The maximum absolute atomic E-state index is 13.6. The summed E-state index contributed by atoms with van der Waals surface area (Å²) in [6.45, 7) is 3.15. The zero-order chi connectivity index (χ0) is 21.2. The third-order valence-corrected chi connectivity index (χ3v) is 5.99. The molecular weight excluding hydrogens is 382 g/mol. The lowest BCUT2D eigenvalue weighted by atomic mass is 9.97. The van der Waals surface area contributed by atoms with Crippen LogP contribution in [0.4, 0.5) is 4.79 Å². The summed E-state index contributed by atoms with van der Waals surface area (Å²) in [5.74, 6) is 0. The van der Waals surface area contributed by atoms with Gasteiger partial charge in [-0.05, 0) is 47.4 Å². The zero-order valence-electron chi connectivity index (χ0n) is 17.5. The summed E-state index contributed by atoms with van der Waals surface area (Å²) < 4.78 is 2.22. The zero-order valence-corrected chi connectivity index (χ0v) is 17.5. The molecule has 1 unspecified atom stereocenters. The van der Waals surface area contributed by atoms with Crippen LogP contribution >= 0.6 is 0 Å². The smallest absolute Gasteiger partial charge is 0.318 e. The van der Waals surface area contributed by atoms with Gasteiger partial charge in [-0.1, -0.05) is 72.8 Å². The van der Waals surface area contributed by atoms with Crippen LogP contribution in [-0.4, -0.2) is 15.5 Å². The third-order valence-electron chi connectivity index (χ3n) is 5.99. The lowest BCUT2D eigenvalue weighted by Gasteiger charge is -2.32. The van der Waals surface area contributed by atoms with Gasteiger partial charge in [-0.3, -0.25) is 0 Å². The Balaban J connectivity index is 1.59. The molecule has 0 bridgehead atoms. The molecule has 1 aliphatic heterocycles. The first-order valence-electron chi connectivity index (χ1n) is 10.6. The molecule has 0 saturated carbocycles. The van der Waals surface area contributed by atoms with Crippen molar-refractivity contribution < 1.29 is 4.79 Å². The number of amides is 2. The Morgan fingerprint density at radius 1 is 0.903 bits per heavy atom. The fraction of sp³-hybridized carbons (Fsp3) is 0.148. The summed E-state index contributed by atoms with van der Waals surface area (Å²) in [5.41, 5.74) is 6.75. The number of fused-ring (bicyclic) bond motifs is 3. The maximum Gasteiger partial charge on any atom is 0.318 e. The maximum atomic E-state index is 13.6. The molecule has 0 spiro atoms. The molecule has 3 aromatic carbocycles. The van der Waals surface area contributed by atoms with Crippen molar-refractivity contribution >= 4 is 6.03 Å². The number of para-hydroxylation sites is 1. The van der Waals surface area contributed by atoms with Gasteiger partial charge < -0.3 is 14.8 Å². The van der Waals surface area contributed by atoms with E-state index >= 15 is 0 Å². The van der Waals surface area contributed by atoms with E-state index in [1.807, 2.05) is 53.4 Å². The fourth-order valence-corrected chi connectivity index (χ4v) is 4.44. The first kappa shape index (κ1) is 19.2. The van der Waals surface area contributed by atoms with E-state index in [-0.39, 0.29) is 12.1 Å². The average molecular weight is 408 g/mol. The van der Waals surface area contributed by atoms with Crippen molar-refractivity contribution in [3.8, 4) is 5.69 Å². The van der Waals surface area contributed by atoms with Gasteiger partial charge in [0.15, 0.2) is 0 Å². The number of aryl methyl sites for hydroxylation is 1. The molecular formula is C27H25N3O. The molecule has 4 aromatic rings. The summed E-state index contributed by atoms with van der Waals surface area (Å²) in [6.07, 6.45) is 2.09. The fourth-order valence-electron chi connectivity index (χ4n) is 4.44. The van der Waals surface area contributed by atoms with Crippen molar-refractivity contribution in [3.05, 3.63) is 125 Å². The number of aromatic nitrogens is 1. The molecule has 0 fully saturated rings. The Morgan fingerprint density at radius 2 is 1.65 bits per heavy atom. The van der Waals surface area contributed by atoms with E-state index < -0.39 is 0 Å². The van der Waals surface area contributed by atoms with E-state index in [0.717, 1.165) is 28.1 Å². The van der Waals surface area contributed by atoms with E-state index in [9.17, 15) is 4.79 Å². The average Bonchev–Trinajstić information content (AvgIpc) is 3.23. The summed E-state index contributed by atoms with van der Waals surface area (Å²) in [6, 6.07) is 30.6. The van der Waals surface area contributed by atoms with Gasteiger partial charge >= 0.3 is 6.03 Å². The molecule has 2 heterocycles. The first-order chi connectivity index (χ1) is 15.2. The van der Waals surface area contributed by atoms with Crippen LogP contribution in [0.25, 0.3) is 5.69 Å². The molecule has 4 heteroatoms. The van der Waals surface area contributed by atoms with Crippen molar-refractivity contribution in [1.82, 2.24) is 14.8 Å². The largest absolute Gasteiger partial charge is 0.334 e. The normalized spacial score (nSPS) is 15.0. The molecule has 0 saturated heterocycles. The summed E-state index contributed by atoms with van der Waals surface area (Å²) in [4.78, 5) is 15.5. The highest BCUT2D eigenvalue weighted by Gasteiger charge is 2.33. The number of hydrogen-bond acceptors (Lipinski definition) is 1. The molecule has 0 aliphatic carbocycles. The van der Waals surface area contributed by atoms with Gasteiger partial charge in [-0.2, -0.15) is 0 Å². The van der Waals surface area contributed by atoms with Crippen molar-refractivity contribution in [1.29, 1.82) is 0 Å². The third kappa shape index (κ3) is 3.61. The molecule has 1 atom stereocenters. The molecule has 2 amide bonds. The molecule has 1 aromatic heterocycles. The van der Waals surface area contributed by atoms with Crippen LogP contribution in [0.1, 0.15) is 34.0 Å². The topological polar surface area (TPSA) is 37.3 Å². The van der Waals surface area contributed by atoms with Crippen molar-refractivity contribution in [2.45, 2.75) is 26.1 Å². The minimum absolute atomic E-state index is 0.0680. The monoisotopic (exact) mass is 407 g/mol. The van der Waals surface area contributed by atoms with E-state index in [1.165, 1.54) is 5.56 Å². The number of hydrogen-bond donors (Lipinski definition) is 1. The van der Waals surface area contributed by atoms with E-state index in [4.69, 9.17) is 0 Å². The standard InChI is InChI=1S/C27H25N3O/c1-20-10-5-7-14-23(20)26-25-16-9-17-29(25)24-15-8-6-13-22(24)19-30(26)27(31)28-18-21-11-3-2-4-12-21/h2-17,26H,18-19H2,1H3,(H,28,31). The summed E-state index contributed by atoms with van der Waals surface area (Å²) in [5, 5.41) is 3.15. The Morgan fingerprint density at radius 3 is 2.48 bits per heavy atom. The number of rotatable bonds is 3. The Kier molecular flexibility index (Phi) is 5.04. The van der Waals surface area contributed by atoms with Gasteiger partial charge in [-0.15, -0.1) is 0 Å². The number of urea groups is 1. The van der Waals surface area contributed by atoms with Gasteiger partial charge in [-0.25, -0.2) is 4.79 Å². The number of carbonyl (C=O) groups excluding carboxylic acids is 1. The van der Waals surface area contributed by atoms with Crippen LogP contribution in [-0.2, 0) is 13.1 Å². The van der Waals surface area contributed by atoms with Crippen molar-refractivity contribution in [2.24, 2.45) is 0 Å². The quantitative estimate of drug-likeness (QED) is 0.472. The van der Waals surface area contributed by atoms with E-state index in [1.54, 1.807) is 0 Å². The molecule has 154 valence electrons. The lowest BCUT2D eigenvalue weighted by molar-refractivity contribution is 0.180. The van der Waals surface area contributed by atoms with E-state index in [2.05, 4.69) is 65.5 Å². The van der Waals surface area contributed by atoms with Gasteiger partial charge in [0, 0.05) is 18.4 Å². The second-order valence-corrected chi connectivity index (χ2v) is 7.96. The first-order valence-corrected chi connectivity index (χ1v) is 10.6. The highest BCUT2D eigenvalue weighted by atomic mass is 16.2. The lowest BCUT2D eigenvalue weighted by Crippen LogP contribution is -2.41. The van der Waals surface area contributed by atoms with Crippen LogP contribution in [0.3, 0.4) is 0 Å². The van der Waals surface area contributed by atoms with Gasteiger partial charge in [0.05, 0.1) is 12.2 Å². The Labute approximate surface area is 182 Å². The van der Waals surface area contributed by atoms with Crippen LogP contribution in [0, 0.1) is 6.92 Å². The van der Waals surface area contributed by atoms with Crippen molar-refractivity contribution in [2.75, 3.05) is 0 Å². The molecule has 0 radical (unpaired) electrons. The number of carbonyl (C=O) groups is 1. The predicted octanol–water partition coefficient (Wildman–Crippen LogP) is 5.60. The number of nitrogens with zero attached hydrogens (tertiary/aromatic N) is 2. The molecule has 1 N–H and O–H groups in total. The van der Waals surface area contributed by atoms with E-state index in [0.29, 0.717) is 13.1 Å². The van der Waals surface area contributed by atoms with Crippen LogP contribution in [0.2, 0.25) is 0 Å². The number of benzene rings is 3. The van der Waals surface area contributed by atoms with Gasteiger partial charge in [0.25, 0.3) is 0 Å². The highest BCUT2D eigenvalue weighted by Crippen LogP contribution is 2.37. The predicted molar refractivity (Wildman–Crippen MR) is 123 cm³/mol. The highest BCUT2D eigenvalue weighted by molar-refractivity contribution is 5.76. The molecule has 1 aliphatic rings. The summed E-state index contributed by atoms with van der Waals surface area (Å²) >= 11 is 0. The Hall–Kier alpha value is -3.79. The van der Waals surface area contributed by atoms with Gasteiger partial charge in [0.2, 0.25) is 0 Å². The second-order valence-electron chi connectivity index (χ2n) is 7.96. The van der Waals surface area contributed by atoms with Crippen molar-refractivity contribution in [3.63, 3.8) is 0 Å². The minimum atomic E-state index is -0.181. The van der Waals surface area contributed by atoms with Crippen LogP contribution in [0.5, 0.6) is 0 Å². The second kappa shape index (κ2) is 8.15. The molecule has 4 nitrogen and oxygen atoms in total.